The summed E-state index contributed by atoms with van der Waals surface area (Å²) in [6, 6.07) is 16.9. The molecule has 0 saturated carbocycles. The highest BCUT2D eigenvalue weighted by atomic mass is 16.3. The predicted octanol–water partition coefficient (Wildman–Crippen LogP) is 2.81. The summed E-state index contributed by atoms with van der Waals surface area (Å²) in [7, 11) is 0. The van der Waals surface area contributed by atoms with Crippen molar-refractivity contribution >= 4 is 21.5 Å². The van der Waals surface area contributed by atoms with Crippen LogP contribution in [-0.4, -0.2) is 22.4 Å². The van der Waals surface area contributed by atoms with E-state index in [-0.39, 0.29) is 0 Å². The fourth-order valence-corrected chi connectivity index (χ4v) is 3.26. The van der Waals surface area contributed by atoms with Gasteiger partial charge in [0.05, 0.1) is 12.2 Å². The van der Waals surface area contributed by atoms with Crippen LogP contribution in [0.3, 0.4) is 0 Å². The lowest BCUT2D eigenvalue weighted by atomic mass is 9.84. The molecular weight excluding hydrogens is 248 g/mol. The maximum absolute atomic E-state index is 9.95. The van der Waals surface area contributed by atoms with Gasteiger partial charge < -0.3 is 10.2 Å². The minimum absolute atomic E-state index is 0.534. The van der Waals surface area contributed by atoms with Crippen molar-refractivity contribution in [2.45, 2.75) is 25.0 Å². The molecule has 3 aromatic carbocycles. The van der Waals surface area contributed by atoms with Gasteiger partial charge in [0, 0.05) is 12.8 Å². The van der Waals surface area contributed by atoms with Gasteiger partial charge in [0.1, 0.15) is 0 Å². The fraction of sp³-hybridized carbons (Fsp3) is 0.222. The number of aliphatic hydroxyl groups is 2. The summed E-state index contributed by atoms with van der Waals surface area (Å²) in [5.41, 5.74) is 2.34. The summed E-state index contributed by atoms with van der Waals surface area (Å²) in [4.78, 5) is 0. The molecule has 0 aliphatic heterocycles. The molecule has 0 radical (unpaired) electrons. The molecule has 2 N–H and O–H groups in total. The number of benzene rings is 3. The Morgan fingerprint density at radius 2 is 1.45 bits per heavy atom. The molecule has 100 valence electrons. The summed E-state index contributed by atoms with van der Waals surface area (Å²) < 4.78 is 0. The first kappa shape index (κ1) is 11.9. The van der Waals surface area contributed by atoms with Crippen molar-refractivity contribution in [3.63, 3.8) is 0 Å². The van der Waals surface area contributed by atoms with Crippen LogP contribution < -0.4 is 0 Å². The monoisotopic (exact) mass is 264 g/mol. The van der Waals surface area contributed by atoms with Gasteiger partial charge in [-0.05, 0) is 44.8 Å². The lowest BCUT2D eigenvalue weighted by molar-refractivity contribution is 0.0145. The molecule has 2 nitrogen and oxygen atoms in total. The van der Waals surface area contributed by atoms with Crippen molar-refractivity contribution in [1.82, 2.24) is 0 Å². The van der Waals surface area contributed by atoms with E-state index in [0.29, 0.717) is 12.8 Å². The maximum atomic E-state index is 9.95. The second kappa shape index (κ2) is 4.30. The normalized spacial score (nSPS) is 22.1. The highest BCUT2D eigenvalue weighted by molar-refractivity contribution is 6.00. The van der Waals surface area contributed by atoms with E-state index in [0.717, 1.165) is 5.56 Å². The molecule has 0 bridgehead atoms. The summed E-state index contributed by atoms with van der Waals surface area (Å²) in [6.07, 6.45) is -0.217. The van der Waals surface area contributed by atoms with Crippen LogP contribution in [0.25, 0.3) is 21.5 Å². The standard InChI is InChI=1S/C18H16O2/c19-17-9-14-6-5-13-7-11-3-1-2-4-12(11)8-15(13)16(14)10-18(17)20/h1-8,17-20H,9-10H2/t17-,18+/m0/s1. The molecule has 20 heavy (non-hydrogen) atoms. The third-order valence-corrected chi connectivity index (χ3v) is 4.38. The zero-order valence-electron chi connectivity index (χ0n) is 11.1. The molecule has 0 aromatic heterocycles. The van der Waals surface area contributed by atoms with Gasteiger partial charge in [0.15, 0.2) is 0 Å². The van der Waals surface area contributed by atoms with Crippen molar-refractivity contribution in [2.24, 2.45) is 0 Å². The molecule has 0 unspecified atom stereocenters. The first-order valence-corrected chi connectivity index (χ1v) is 7.02. The highest BCUT2D eigenvalue weighted by Gasteiger charge is 2.26. The van der Waals surface area contributed by atoms with Crippen LogP contribution in [0.1, 0.15) is 11.1 Å². The fourth-order valence-electron chi connectivity index (χ4n) is 3.26. The Morgan fingerprint density at radius 3 is 2.25 bits per heavy atom. The van der Waals surface area contributed by atoms with E-state index in [1.807, 2.05) is 12.1 Å². The van der Waals surface area contributed by atoms with E-state index in [2.05, 4.69) is 36.4 Å². The van der Waals surface area contributed by atoms with Crippen molar-refractivity contribution in [2.75, 3.05) is 0 Å². The minimum atomic E-state index is -0.653. The predicted molar refractivity (Wildman–Crippen MR) is 80.9 cm³/mol. The minimum Gasteiger partial charge on any atom is -0.390 e. The van der Waals surface area contributed by atoms with E-state index in [1.165, 1.54) is 27.1 Å². The molecule has 2 heteroatoms. The molecule has 0 spiro atoms. The van der Waals surface area contributed by atoms with Crippen molar-refractivity contribution in [3.8, 4) is 0 Å². The van der Waals surface area contributed by atoms with Gasteiger partial charge >= 0.3 is 0 Å². The van der Waals surface area contributed by atoms with Gasteiger partial charge in [-0.2, -0.15) is 0 Å². The Kier molecular flexibility index (Phi) is 2.56. The number of hydrogen-bond acceptors (Lipinski definition) is 2. The van der Waals surface area contributed by atoms with Gasteiger partial charge in [-0.1, -0.05) is 36.4 Å². The smallest absolute Gasteiger partial charge is 0.0842 e. The Morgan fingerprint density at radius 1 is 0.750 bits per heavy atom. The molecule has 2 atom stereocenters. The Hall–Kier alpha value is -1.90. The van der Waals surface area contributed by atoms with Gasteiger partial charge in [0.25, 0.3) is 0 Å². The summed E-state index contributed by atoms with van der Waals surface area (Å²) in [5.74, 6) is 0. The molecule has 0 saturated heterocycles. The molecule has 1 aliphatic carbocycles. The van der Waals surface area contributed by atoms with E-state index in [4.69, 9.17) is 0 Å². The zero-order valence-corrected chi connectivity index (χ0v) is 11.1. The first-order valence-electron chi connectivity index (χ1n) is 7.02. The van der Waals surface area contributed by atoms with Crippen LogP contribution in [0.2, 0.25) is 0 Å². The van der Waals surface area contributed by atoms with Crippen molar-refractivity contribution in [3.05, 3.63) is 59.7 Å². The van der Waals surface area contributed by atoms with Crippen molar-refractivity contribution in [1.29, 1.82) is 0 Å². The Balaban J connectivity index is 2.03. The van der Waals surface area contributed by atoms with Gasteiger partial charge in [-0.15, -0.1) is 0 Å². The molecule has 0 fully saturated rings. The Labute approximate surface area is 117 Å². The molecule has 3 aromatic rings. The topological polar surface area (TPSA) is 40.5 Å². The van der Waals surface area contributed by atoms with Gasteiger partial charge in [-0.25, -0.2) is 0 Å². The second-order valence-electron chi connectivity index (χ2n) is 5.67. The summed E-state index contributed by atoms with van der Waals surface area (Å²) >= 11 is 0. The van der Waals surface area contributed by atoms with Gasteiger partial charge in [0.2, 0.25) is 0 Å². The number of hydrogen-bond donors (Lipinski definition) is 2. The van der Waals surface area contributed by atoms with Crippen LogP contribution >= 0.6 is 0 Å². The largest absolute Gasteiger partial charge is 0.390 e. The van der Waals surface area contributed by atoms with E-state index < -0.39 is 12.2 Å². The lowest BCUT2D eigenvalue weighted by Crippen LogP contribution is -2.34. The van der Waals surface area contributed by atoms with Crippen LogP contribution in [-0.2, 0) is 12.8 Å². The van der Waals surface area contributed by atoms with E-state index in [1.54, 1.807) is 0 Å². The third kappa shape index (κ3) is 1.73. The average molecular weight is 264 g/mol. The number of fused-ring (bicyclic) bond motifs is 4. The quantitative estimate of drug-likeness (QED) is 0.613. The first-order chi connectivity index (χ1) is 9.72. The highest BCUT2D eigenvalue weighted by Crippen LogP contribution is 2.32. The maximum Gasteiger partial charge on any atom is 0.0842 e. The van der Waals surface area contributed by atoms with Crippen LogP contribution in [0.4, 0.5) is 0 Å². The molecular formula is C18H16O2. The average Bonchev–Trinajstić information content (AvgIpc) is 2.47. The van der Waals surface area contributed by atoms with Crippen LogP contribution in [0.5, 0.6) is 0 Å². The summed E-state index contributed by atoms with van der Waals surface area (Å²) in [5, 5.41) is 24.6. The number of rotatable bonds is 0. The Bertz CT molecular complexity index is 807. The van der Waals surface area contributed by atoms with E-state index >= 15 is 0 Å². The zero-order chi connectivity index (χ0) is 13.7. The third-order valence-electron chi connectivity index (χ3n) is 4.38. The van der Waals surface area contributed by atoms with Gasteiger partial charge in [-0.3, -0.25) is 0 Å². The SMILES string of the molecule is O[C@@H]1Cc2c(ccc3cc4ccccc4cc23)C[C@@H]1O. The molecule has 0 heterocycles. The van der Waals surface area contributed by atoms with Crippen LogP contribution in [0, 0.1) is 0 Å². The van der Waals surface area contributed by atoms with Crippen molar-refractivity contribution < 1.29 is 10.2 Å². The molecule has 4 rings (SSSR count). The second-order valence-corrected chi connectivity index (χ2v) is 5.67. The summed E-state index contributed by atoms with van der Waals surface area (Å²) in [6.45, 7) is 0. The van der Waals surface area contributed by atoms with E-state index in [9.17, 15) is 10.2 Å². The molecule has 1 aliphatic rings. The number of aliphatic hydroxyl groups excluding tert-OH is 2. The molecule has 0 amide bonds. The lowest BCUT2D eigenvalue weighted by Gasteiger charge is -2.27. The van der Waals surface area contributed by atoms with Crippen LogP contribution in [0.15, 0.2) is 48.5 Å².